The lowest BCUT2D eigenvalue weighted by Crippen LogP contribution is -2.36. The van der Waals surface area contributed by atoms with Gasteiger partial charge < -0.3 is 10.6 Å². The van der Waals surface area contributed by atoms with Crippen molar-refractivity contribution in [1.82, 2.24) is 4.90 Å². The SMILES string of the molecule is CCC(CN)C(=O)N(C)Cc1ccc(F)cc1F. The number of halogens is 2. The van der Waals surface area contributed by atoms with Crippen LogP contribution < -0.4 is 5.73 Å². The van der Waals surface area contributed by atoms with E-state index in [0.717, 1.165) is 6.07 Å². The Morgan fingerprint density at radius 3 is 2.61 bits per heavy atom. The Kier molecular flexibility index (Phi) is 5.22. The number of amides is 1. The highest BCUT2D eigenvalue weighted by molar-refractivity contribution is 5.78. The van der Waals surface area contributed by atoms with Crippen LogP contribution in [0.25, 0.3) is 0 Å². The van der Waals surface area contributed by atoms with Crippen LogP contribution in [0.4, 0.5) is 8.78 Å². The van der Waals surface area contributed by atoms with Crippen molar-refractivity contribution in [3.63, 3.8) is 0 Å². The number of nitrogens with two attached hydrogens (primary N) is 1. The first-order chi connectivity index (χ1) is 8.49. The Bertz CT molecular complexity index is 419. The summed E-state index contributed by atoms with van der Waals surface area (Å²) in [4.78, 5) is 13.4. The van der Waals surface area contributed by atoms with Crippen LogP contribution in [0.3, 0.4) is 0 Å². The molecule has 0 fully saturated rings. The summed E-state index contributed by atoms with van der Waals surface area (Å²) in [6, 6.07) is 3.34. The number of carbonyl (C=O) groups excluding carboxylic acids is 1. The van der Waals surface area contributed by atoms with E-state index in [2.05, 4.69) is 0 Å². The maximum Gasteiger partial charge on any atom is 0.226 e. The molecule has 18 heavy (non-hydrogen) atoms. The molecule has 0 aliphatic rings. The highest BCUT2D eigenvalue weighted by Gasteiger charge is 2.19. The molecule has 0 saturated heterocycles. The van der Waals surface area contributed by atoms with Gasteiger partial charge in [-0.15, -0.1) is 0 Å². The number of carbonyl (C=O) groups is 1. The second kappa shape index (κ2) is 6.44. The van der Waals surface area contributed by atoms with Crippen LogP contribution in [0.2, 0.25) is 0 Å². The van der Waals surface area contributed by atoms with Crippen LogP contribution >= 0.6 is 0 Å². The van der Waals surface area contributed by atoms with E-state index < -0.39 is 11.6 Å². The fourth-order valence-electron chi connectivity index (χ4n) is 1.74. The summed E-state index contributed by atoms with van der Waals surface area (Å²) in [5.74, 6) is -1.64. The molecule has 1 aromatic rings. The third kappa shape index (κ3) is 3.50. The zero-order valence-corrected chi connectivity index (χ0v) is 10.6. The topological polar surface area (TPSA) is 46.3 Å². The smallest absolute Gasteiger partial charge is 0.226 e. The van der Waals surface area contributed by atoms with Crippen LogP contribution in [0.5, 0.6) is 0 Å². The minimum atomic E-state index is -0.643. The van der Waals surface area contributed by atoms with Crippen molar-refractivity contribution in [3.05, 3.63) is 35.4 Å². The maximum absolute atomic E-state index is 13.4. The molecule has 0 aliphatic heterocycles. The van der Waals surface area contributed by atoms with E-state index in [1.54, 1.807) is 7.05 Å². The minimum Gasteiger partial charge on any atom is -0.341 e. The molecule has 1 unspecified atom stereocenters. The van der Waals surface area contributed by atoms with Crippen LogP contribution in [0.15, 0.2) is 18.2 Å². The summed E-state index contributed by atoms with van der Waals surface area (Å²) < 4.78 is 26.2. The van der Waals surface area contributed by atoms with Gasteiger partial charge >= 0.3 is 0 Å². The Morgan fingerprint density at radius 2 is 2.11 bits per heavy atom. The second-order valence-electron chi connectivity index (χ2n) is 4.27. The Balaban J connectivity index is 2.75. The Morgan fingerprint density at radius 1 is 1.44 bits per heavy atom. The van der Waals surface area contributed by atoms with Gasteiger partial charge in [-0.3, -0.25) is 4.79 Å². The molecule has 0 aromatic heterocycles. The summed E-state index contributed by atoms with van der Waals surface area (Å²) in [6.07, 6.45) is 0.644. The van der Waals surface area contributed by atoms with E-state index in [9.17, 15) is 13.6 Å². The lowest BCUT2D eigenvalue weighted by Gasteiger charge is -2.22. The predicted octanol–water partition coefficient (Wildman–Crippen LogP) is 1.91. The maximum atomic E-state index is 13.4. The first kappa shape index (κ1) is 14.6. The standard InChI is InChI=1S/C13H18F2N2O/c1-3-9(7-16)13(18)17(2)8-10-4-5-11(14)6-12(10)15/h4-6,9H,3,7-8,16H2,1-2H3. The average molecular weight is 256 g/mol. The van der Waals surface area contributed by atoms with Crippen molar-refractivity contribution in [1.29, 1.82) is 0 Å². The van der Waals surface area contributed by atoms with Gasteiger partial charge in [0, 0.05) is 31.8 Å². The molecule has 2 N–H and O–H groups in total. The first-order valence-corrected chi connectivity index (χ1v) is 5.88. The van der Waals surface area contributed by atoms with Crippen molar-refractivity contribution in [2.45, 2.75) is 19.9 Å². The highest BCUT2D eigenvalue weighted by Crippen LogP contribution is 2.13. The van der Waals surface area contributed by atoms with Gasteiger partial charge in [-0.05, 0) is 12.5 Å². The zero-order chi connectivity index (χ0) is 13.7. The van der Waals surface area contributed by atoms with E-state index >= 15 is 0 Å². The number of nitrogens with zero attached hydrogens (tertiary/aromatic N) is 1. The lowest BCUT2D eigenvalue weighted by molar-refractivity contribution is -0.134. The van der Waals surface area contributed by atoms with E-state index in [1.165, 1.54) is 17.0 Å². The van der Waals surface area contributed by atoms with Crippen LogP contribution in [-0.4, -0.2) is 24.4 Å². The molecule has 0 aliphatic carbocycles. The Hall–Kier alpha value is -1.49. The normalized spacial score (nSPS) is 12.3. The molecule has 1 aromatic carbocycles. The van der Waals surface area contributed by atoms with Gasteiger partial charge in [0.15, 0.2) is 0 Å². The van der Waals surface area contributed by atoms with Crippen molar-refractivity contribution in [2.75, 3.05) is 13.6 Å². The molecule has 1 rings (SSSR count). The molecule has 5 heteroatoms. The molecule has 0 saturated carbocycles. The molecule has 1 atom stereocenters. The third-order valence-electron chi connectivity index (χ3n) is 2.93. The molecule has 1 amide bonds. The minimum absolute atomic E-state index is 0.113. The number of hydrogen-bond donors (Lipinski definition) is 1. The van der Waals surface area contributed by atoms with Crippen molar-refractivity contribution in [2.24, 2.45) is 11.7 Å². The van der Waals surface area contributed by atoms with Crippen molar-refractivity contribution in [3.8, 4) is 0 Å². The van der Waals surface area contributed by atoms with E-state index in [1.807, 2.05) is 6.92 Å². The van der Waals surface area contributed by atoms with Gasteiger partial charge in [0.1, 0.15) is 11.6 Å². The van der Waals surface area contributed by atoms with Crippen LogP contribution in [0.1, 0.15) is 18.9 Å². The fourth-order valence-corrected chi connectivity index (χ4v) is 1.74. The average Bonchev–Trinajstić information content (AvgIpc) is 2.34. The third-order valence-corrected chi connectivity index (χ3v) is 2.93. The zero-order valence-electron chi connectivity index (χ0n) is 10.6. The molecule has 100 valence electrons. The highest BCUT2D eigenvalue weighted by atomic mass is 19.1. The van der Waals surface area contributed by atoms with Gasteiger partial charge in [-0.25, -0.2) is 8.78 Å². The first-order valence-electron chi connectivity index (χ1n) is 5.88. The number of benzene rings is 1. The van der Waals surface area contributed by atoms with Gasteiger partial charge in [0.25, 0.3) is 0 Å². The van der Waals surface area contributed by atoms with E-state index in [0.29, 0.717) is 12.0 Å². The molecular formula is C13H18F2N2O. The molecule has 0 radical (unpaired) electrons. The van der Waals surface area contributed by atoms with Gasteiger partial charge in [-0.2, -0.15) is 0 Å². The molecule has 0 bridgehead atoms. The van der Waals surface area contributed by atoms with E-state index in [4.69, 9.17) is 5.73 Å². The fraction of sp³-hybridized carbons (Fsp3) is 0.462. The van der Waals surface area contributed by atoms with Crippen LogP contribution in [-0.2, 0) is 11.3 Å². The van der Waals surface area contributed by atoms with Crippen LogP contribution in [0, 0.1) is 17.6 Å². The Labute approximate surface area is 106 Å². The van der Waals surface area contributed by atoms with E-state index in [-0.39, 0.29) is 24.9 Å². The summed E-state index contributed by atoms with van der Waals surface area (Å²) >= 11 is 0. The monoisotopic (exact) mass is 256 g/mol. The van der Waals surface area contributed by atoms with Crippen molar-refractivity contribution < 1.29 is 13.6 Å². The van der Waals surface area contributed by atoms with Crippen molar-refractivity contribution >= 4 is 5.91 Å². The molecular weight excluding hydrogens is 238 g/mol. The van der Waals surface area contributed by atoms with Gasteiger partial charge in [0.05, 0.1) is 5.92 Å². The summed E-state index contributed by atoms with van der Waals surface area (Å²) in [6.45, 7) is 2.26. The quantitative estimate of drug-likeness (QED) is 0.874. The van der Waals surface area contributed by atoms with Gasteiger partial charge in [-0.1, -0.05) is 13.0 Å². The van der Waals surface area contributed by atoms with Gasteiger partial charge in [0.2, 0.25) is 5.91 Å². The molecule has 0 heterocycles. The largest absolute Gasteiger partial charge is 0.341 e. The summed E-state index contributed by atoms with van der Waals surface area (Å²) in [5.41, 5.74) is 5.78. The summed E-state index contributed by atoms with van der Waals surface area (Å²) in [5, 5.41) is 0. The second-order valence-corrected chi connectivity index (χ2v) is 4.27. The predicted molar refractivity (Wildman–Crippen MR) is 65.7 cm³/mol. The number of hydrogen-bond acceptors (Lipinski definition) is 2. The summed E-state index contributed by atoms with van der Waals surface area (Å²) in [7, 11) is 1.59. The molecule has 3 nitrogen and oxygen atoms in total. The lowest BCUT2D eigenvalue weighted by atomic mass is 10.1. The number of rotatable bonds is 5. The molecule has 0 spiro atoms.